The van der Waals surface area contributed by atoms with Crippen LogP contribution < -0.4 is 10.9 Å². The molecule has 18 heavy (non-hydrogen) atoms. The third kappa shape index (κ3) is 3.35. The second-order valence-electron chi connectivity index (χ2n) is 4.28. The number of hydrogen-bond acceptors (Lipinski definition) is 3. The van der Waals surface area contributed by atoms with Gasteiger partial charge in [0, 0.05) is 5.92 Å². The molecule has 0 radical (unpaired) electrons. The second-order valence-corrected chi connectivity index (χ2v) is 4.28. The van der Waals surface area contributed by atoms with E-state index in [9.17, 15) is 9.59 Å². The molecule has 0 spiro atoms. The van der Waals surface area contributed by atoms with E-state index in [4.69, 9.17) is 4.42 Å². The zero-order valence-electron chi connectivity index (χ0n) is 11.3. The molecule has 0 aliphatic carbocycles. The fourth-order valence-electron chi connectivity index (χ4n) is 1.80. The van der Waals surface area contributed by atoms with Crippen LogP contribution in [0.25, 0.3) is 0 Å². The van der Waals surface area contributed by atoms with Crippen molar-refractivity contribution in [1.29, 1.82) is 0 Å². The van der Waals surface area contributed by atoms with Crippen molar-refractivity contribution in [2.75, 3.05) is 0 Å². The summed E-state index contributed by atoms with van der Waals surface area (Å²) < 4.78 is 5.26. The van der Waals surface area contributed by atoms with Gasteiger partial charge in [-0.05, 0) is 32.8 Å². The first-order valence-corrected chi connectivity index (χ1v) is 6.16. The number of aryl methyl sites for hydroxylation is 2. The van der Waals surface area contributed by atoms with E-state index in [0.717, 1.165) is 12.8 Å². The van der Waals surface area contributed by atoms with Crippen molar-refractivity contribution < 1.29 is 14.0 Å². The van der Waals surface area contributed by atoms with E-state index in [0.29, 0.717) is 17.1 Å². The maximum atomic E-state index is 11.8. The molecule has 0 aliphatic rings. The summed E-state index contributed by atoms with van der Waals surface area (Å²) in [4.78, 5) is 23.5. The highest BCUT2D eigenvalue weighted by Gasteiger charge is 2.17. The largest absolute Gasteiger partial charge is 0.466 e. The number of carbonyl (C=O) groups excluding carboxylic acids is 2. The van der Waals surface area contributed by atoms with Gasteiger partial charge in [0.2, 0.25) is 5.91 Å². The van der Waals surface area contributed by atoms with Crippen LogP contribution in [-0.2, 0) is 4.79 Å². The lowest BCUT2D eigenvalue weighted by Gasteiger charge is -2.13. The maximum absolute atomic E-state index is 11.8. The Balaban J connectivity index is 2.56. The Morgan fingerprint density at radius 1 is 1.22 bits per heavy atom. The molecule has 0 fully saturated rings. The number of nitrogens with one attached hydrogen (secondary N) is 2. The molecule has 5 nitrogen and oxygen atoms in total. The number of carbonyl (C=O) groups is 2. The molecule has 5 heteroatoms. The minimum Gasteiger partial charge on any atom is -0.466 e. The van der Waals surface area contributed by atoms with Gasteiger partial charge in [-0.2, -0.15) is 0 Å². The van der Waals surface area contributed by atoms with Gasteiger partial charge >= 0.3 is 0 Å². The van der Waals surface area contributed by atoms with E-state index in [-0.39, 0.29) is 17.7 Å². The van der Waals surface area contributed by atoms with Crippen LogP contribution in [0.1, 0.15) is 48.6 Å². The maximum Gasteiger partial charge on any atom is 0.273 e. The van der Waals surface area contributed by atoms with Crippen molar-refractivity contribution in [3.63, 3.8) is 0 Å². The molecule has 1 rings (SSSR count). The first-order valence-electron chi connectivity index (χ1n) is 6.16. The van der Waals surface area contributed by atoms with Crippen LogP contribution in [0.2, 0.25) is 0 Å². The number of hydrogen-bond donors (Lipinski definition) is 2. The van der Waals surface area contributed by atoms with Crippen molar-refractivity contribution in [2.45, 2.75) is 40.5 Å². The predicted molar refractivity (Wildman–Crippen MR) is 67.9 cm³/mol. The third-order valence-corrected chi connectivity index (χ3v) is 2.94. The van der Waals surface area contributed by atoms with Crippen molar-refractivity contribution in [3.8, 4) is 0 Å². The molecule has 2 amide bonds. The lowest BCUT2D eigenvalue weighted by molar-refractivity contribution is -0.126. The van der Waals surface area contributed by atoms with Gasteiger partial charge in [-0.15, -0.1) is 0 Å². The van der Waals surface area contributed by atoms with Gasteiger partial charge in [0.1, 0.15) is 11.5 Å². The van der Waals surface area contributed by atoms with Crippen LogP contribution in [0.5, 0.6) is 0 Å². The molecule has 1 heterocycles. The summed E-state index contributed by atoms with van der Waals surface area (Å²) in [7, 11) is 0. The van der Waals surface area contributed by atoms with Gasteiger partial charge in [-0.25, -0.2) is 0 Å². The molecular formula is C13H20N2O3. The van der Waals surface area contributed by atoms with Crippen LogP contribution in [-0.4, -0.2) is 11.8 Å². The van der Waals surface area contributed by atoms with Crippen LogP contribution >= 0.6 is 0 Å². The molecular weight excluding hydrogens is 232 g/mol. The molecule has 0 atom stereocenters. The van der Waals surface area contributed by atoms with E-state index in [1.807, 2.05) is 13.8 Å². The summed E-state index contributed by atoms with van der Waals surface area (Å²) in [6.07, 6.45) is 1.50. The second kappa shape index (κ2) is 6.23. The van der Waals surface area contributed by atoms with Gasteiger partial charge in [0.25, 0.3) is 5.91 Å². The molecule has 0 bridgehead atoms. The highest BCUT2D eigenvalue weighted by molar-refractivity contribution is 5.96. The highest BCUT2D eigenvalue weighted by Crippen LogP contribution is 2.13. The Kier molecular flexibility index (Phi) is 4.95. The van der Waals surface area contributed by atoms with Crippen LogP contribution in [0, 0.1) is 19.8 Å². The van der Waals surface area contributed by atoms with Gasteiger partial charge in [-0.1, -0.05) is 13.8 Å². The van der Waals surface area contributed by atoms with Gasteiger partial charge in [-0.3, -0.25) is 20.4 Å². The van der Waals surface area contributed by atoms with Crippen molar-refractivity contribution in [1.82, 2.24) is 10.9 Å². The predicted octanol–water partition coefficient (Wildman–Crippen LogP) is 2.09. The summed E-state index contributed by atoms with van der Waals surface area (Å²) in [6, 6.07) is 1.65. The monoisotopic (exact) mass is 252 g/mol. The van der Waals surface area contributed by atoms with Gasteiger partial charge in [0.15, 0.2) is 0 Å². The lowest BCUT2D eigenvalue weighted by Crippen LogP contribution is -2.44. The highest BCUT2D eigenvalue weighted by atomic mass is 16.3. The minimum atomic E-state index is -0.358. The lowest BCUT2D eigenvalue weighted by atomic mass is 10.0. The van der Waals surface area contributed by atoms with E-state index >= 15 is 0 Å². The van der Waals surface area contributed by atoms with Crippen molar-refractivity contribution >= 4 is 11.8 Å². The van der Waals surface area contributed by atoms with E-state index < -0.39 is 0 Å². The van der Waals surface area contributed by atoms with Crippen LogP contribution in [0.3, 0.4) is 0 Å². The summed E-state index contributed by atoms with van der Waals surface area (Å²) >= 11 is 0. The summed E-state index contributed by atoms with van der Waals surface area (Å²) in [5, 5.41) is 0. The standard InChI is InChI=1S/C13H20N2O3/c1-5-10(6-2)12(16)14-15-13(17)11-7-8(3)18-9(11)4/h7,10H,5-6H2,1-4H3,(H,14,16)(H,15,17). The Bertz CT molecular complexity index is 433. The Labute approximate surface area is 107 Å². The first kappa shape index (κ1) is 14.3. The Morgan fingerprint density at radius 3 is 2.28 bits per heavy atom. The topological polar surface area (TPSA) is 71.3 Å². The molecule has 100 valence electrons. The zero-order chi connectivity index (χ0) is 13.7. The molecule has 0 aromatic carbocycles. The number of hydrazine groups is 1. The summed E-state index contributed by atoms with van der Waals surface area (Å²) in [5.74, 6) is 0.623. The Hall–Kier alpha value is -1.78. The number of furan rings is 1. The van der Waals surface area contributed by atoms with Crippen molar-refractivity contribution in [3.05, 3.63) is 23.2 Å². The minimum absolute atomic E-state index is 0.0718. The van der Waals surface area contributed by atoms with Gasteiger partial charge in [0.05, 0.1) is 5.56 Å². The molecule has 0 saturated heterocycles. The quantitative estimate of drug-likeness (QED) is 0.806. The van der Waals surface area contributed by atoms with Crippen LogP contribution in [0.4, 0.5) is 0 Å². The molecule has 2 N–H and O–H groups in total. The summed E-state index contributed by atoms with van der Waals surface area (Å²) in [5.41, 5.74) is 5.28. The van der Waals surface area contributed by atoms with Crippen molar-refractivity contribution in [2.24, 2.45) is 5.92 Å². The van der Waals surface area contributed by atoms with E-state index in [2.05, 4.69) is 10.9 Å². The normalized spacial score (nSPS) is 10.5. The average molecular weight is 252 g/mol. The van der Waals surface area contributed by atoms with Gasteiger partial charge < -0.3 is 4.42 Å². The Morgan fingerprint density at radius 2 is 1.83 bits per heavy atom. The molecule has 0 aliphatic heterocycles. The van der Waals surface area contributed by atoms with E-state index in [1.54, 1.807) is 19.9 Å². The number of amides is 2. The first-order chi connectivity index (χ1) is 8.49. The third-order valence-electron chi connectivity index (χ3n) is 2.94. The molecule has 1 aromatic rings. The SMILES string of the molecule is CCC(CC)C(=O)NNC(=O)c1cc(C)oc1C. The zero-order valence-corrected chi connectivity index (χ0v) is 11.3. The average Bonchev–Trinajstić information content (AvgIpc) is 2.67. The number of rotatable bonds is 4. The molecule has 0 unspecified atom stereocenters. The fraction of sp³-hybridized carbons (Fsp3) is 0.538. The molecule has 0 saturated carbocycles. The molecule has 1 aromatic heterocycles. The smallest absolute Gasteiger partial charge is 0.273 e. The van der Waals surface area contributed by atoms with Crippen LogP contribution in [0.15, 0.2) is 10.5 Å². The van der Waals surface area contributed by atoms with E-state index in [1.165, 1.54) is 0 Å². The fourth-order valence-corrected chi connectivity index (χ4v) is 1.80. The summed E-state index contributed by atoms with van der Waals surface area (Å²) in [6.45, 7) is 7.37.